The van der Waals surface area contributed by atoms with Gasteiger partial charge in [0.2, 0.25) is 0 Å². The van der Waals surface area contributed by atoms with Crippen molar-refractivity contribution in [2.75, 3.05) is 7.11 Å². The van der Waals surface area contributed by atoms with Crippen molar-refractivity contribution in [3.05, 3.63) is 59.2 Å². The first-order valence-electron chi connectivity index (χ1n) is 6.14. The topological polar surface area (TPSA) is 34.1 Å². The molecule has 0 aliphatic rings. The molecule has 1 aromatic heterocycles. The van der Waals surface area contributed by atoms with Crippen LogP contribution < -0.4 is 10.1 Å². The van der Waals surface area contributed by atoms with Crippen molar-refractivity contribution in [1.29, 1.82) is 0 Å². The molecule has 3 nitrogen and oxygen atoms in total. The van der Waals surface area contributed by atoms with Crippen molar-refractivity contribution >= 4 is 0 Å². The summed E-state index contributed by atoms with van der Waals surface area (Å²) in [6.07, 6.45) is 1.73. The lowest BCUT2D eigenvalue weighted by Gasteiger charge is -2.10. The lowest BCUT2D eigenvalue weighted by atomic mass is 10.1. The molecule has 0 radical (unpaired) electrons. The minimum atomic E-state index is -0.210. The van der Waals surface area contributed by atoms with E-state index in [0.717, 1.165) is 22.6 Å². The zero-order valence-electron chi connectivity index (χ0n) is 11.1. The van der Waals surface area contributed by atoms with Crippen LogP contribution >= 0.6 is 0 Å². The Labute approximate surface area is 112 Å². The molecule has 0 unspecified atom stereocenters. The van der Waals surface area contributed by atoms with Crippen LogP contribution in [0.15, 0.2) is 36.5 Å². The summed E-state index contributed by atoms with van der Waals surface area (Å²) in [6.45, 7) is 3.15. The maximum Gasteiger partial charge on any atom is 0.141 e. The van der Waals surface area contributed by atoms with E-state index in [1.54, 1.807) is 25.4 Å². The van der Waals surface area contributed by atoms with E-state index in [1.165, 1.54) is 6.07 Å². The number of ether oxygens (including phenoxy) is 1. The van der Waals surface area contributed by atoms with Gasteiger partial charge in [0.1, 0.15) is 11.6 Å². The second-order valence-electron chi connectivity index (χ2n) is 4.33. The van der Waals surface area contributed by atoms with E-state index in [4.69, 9.17) is 4.74 Å². The maximum atomic E-state index is 13.2. The number of halogens is 1. The third kappa shape index (κ3) is 3.51. The van der Waals surface area contributed by atoms with Gasteiger partial charge in [0, 0.05) is 19.3 Å². The number of aromatic nitrogens is 1. The summed E-state index contributed by atoms with van der Waals surface area (Å²) in [7, 11) is 1.62. The fraction of sp³-hybridized carbons (Fsp3) is 0.267. The highest BCUT2D eigenvalue weighted by Crippen LogP contribution is 2.15. The normalized spacial score (nSPS) is 10.5. The molecule has 100 valence electrons. The molecule has 19 heavy (non-hydrogen) atoms. The van der Waals surface area contributed by atoms with Crippen molar-refractivity contribution in [2.45, 2.75) is 20.0 Å². The van der Waals surface area contributed by atoms with Crippen LogP contribution in [0.2, 0.25) is 0 Å². The van der Waals surface area contributed by atoms with Gasteiger partial charge in [0.15, 0.2) is 0 Å². The van der Waals surface area contributed by atoms with Gasteiger partial charge in [-0.3, -0.25) is 4.98 Å². The molecule has 0 bridgehead atoms. The Bertz CT molecular complexity index is 558. The summed E-state index contributed by atoms with van der Waals surface area (Å²) in [5.41, 5.74) is 2.87. The summed E-state index contributed by atoms with van der Waals surface area (Å²) in [6, 6.07) is 8.52. The molecule has 0 saturated carbocycles. The molecule has 0 saturated heterocycles. The fourth-order valence-corrected chi connectivity index (χ4v) is 1.89. The van der Waals surface area contributed by atoms with E-state index < -0.39 is 0 Å². The van der Waals surface area contributed by atoms with E-state index in [0.29, 0.717) is 13.1 Å². The van der Waals surface area contributed by atoms with Gasteiger partial charge in [-0.15, -0.1) is 0 Å². The van der Waals surface area contributed by atoms with Crippen LogP contribution in [0.1, 0.15) is 16.8 Å². The van der Waals surface area contributed by atoms with Crippen LogP contribution in [0.3, 0.4) is 0 Å². The van der Waals surface area contributed by atoms with Gasteiger partial charge in [0.05, 0.1) is 12.8 Å². The second kappa shape index (κ2) is 6.29. The zero-order valence-corrected chi connectivity index (χ0v) is 11.1. The van der Waals surface area contributed by atoms with Crippen LogP contribution in [0.5, 0.6) is 5.75 Å². The molecule has 0 spiro atoms. The molecule has 0 fully saturated rings. The Morgan fingerprint density at radius 2 is 2.11 bits per heavy atom. The van der Waals surface area contributed by atoms with E-state index in [-0.39, 0.29) is 5.82 Å². The molecule has 0 atom stereocenters. The Kier molecular flexibility index (Phi) is 4.47. The first-order chi connectivity index (χ1) is 9.20. The van der Waals surface area contributed by atoms with Crippen LogP contribution in [-0.2, 0) is 13.1 Å². The van der Waals surface area contributed by atoms with Crippen molar-refractivity contribution < 1.29 is 9.13 Å². The van der Waals surface area contributed by atoms with Crippen molar-refractivity contribution in [1.82, 2.24) is 10.3 Å². The minimum Gasteiger partial charge on any atom is -0.495 e. The number of benzene rings is 1. The molecule has 1 heterocycles. The third-order valence-corrected chi connectivity index (χ3v) is 2.99. The fourth-order valence-electron chi connectivity index (χ4n) is 1.89. The largest absolute Gasteiger partial charge is 0.495 e. The molecule has 1 N–H and O–H groups in total. The number of hydrogen-bond acceptors (Lipinski definition) is 3. The molecule has 1 aromatic carbocycles. The number of rotatable bonds is 5. The SMILES string of the molecule is COc1cccnc1CNCc1cc(F)ccc1C. The van der Waals surface area contributed by atoms with Crippen molar-refractivity contribution in [2.24, 2.45) is 0 Å². The highest BCUT2D eigenvalue weighted by molar-refractivity contribution is 5.28. The van der Waals surface area contributed by atoms with E-state index >= 15 is 0 Å². The van der Waals surface area contributed by atoms with Gasteiger partial charge < -0.3 is 10.1 Å². The van der Waals surface area contributed by atoms with Crippen LogP contribution in [0.25, 0.3) is 0 Å². The first-order valence-corrected chi connectivity index (χ1v) is 6.14. The quantitative estimate of drug-likeness (QED) is 0.897. The Morgan fingerprint density at radius 1 is 1.26 bits per heavy atom. The average Bonchev–Trinajstić information content (AvgIpc) is 2.43. The van der Waals surface area contributed by atoms with E-state index in [1.807, 2.05) is 19.1 Å². The van der Waals surface area contributed by atoms with Crippen LogP contribution in [-0.4, -0.2) is 12.1 Å². The van der Waals surface area contributed by atoms with Gasteiger partial charge in [-0.05, 0) is 42.3 Å². The average molecular weight is 260 g/mol. The number of nitrogens with zero attached hydrogens (tertiary/aromatic N) is 1. The summed E-state index contributed by atoms with van der Waals surface area (Å²) in [5.74, 6) is 0.545. The predicted molar refractivity (Wildman–Crippen MR) is 72.5 cm³/mol. The minimum absolute atomic E-state index is 0.210. The van der Waals surface area contributed by atoms with Gasteiger partial charge in [-0.2, -0.15) is 0 Å². The lowest BCUT2D eigenvalue weighted by Crippen LogP contribution is -2.15. The molecule has 0 aliphatic carbocycles. The summed E-state index contributed by atoms with van der Waals surface area (Å²) in [5, 5.41) is 3.25. The predicted octanol–water partition coefficient (Wildman–Crippen LogP) is 2.83. The smallest absolute Gasteiger partial charge is 0.141 e. The van der Waals surface area contributed by atoms with Gasteiger partial charge in [-0.25, -0.2) is 4.39 Å². The summed E-state index contributed by atoms with van der Waals surface area (Å²) >= 11 is 0. The Balaban J connectivity index is 1.98. The second-order valence-corrected chi connectivity index (χ2v) is 4.33. The number of aryl methyl sites for hydroxylation is 1. The number of pyridine rings is 1. The zero-order chi connectivity index (χ0) is 13.7. The maximum absolute atomic E-state index is 13.2. The van der Waals surface area contributed by atoms with Crippen LogP contribution in [0.4, 0.5) is 4.39 Å². The van der Waals surface area contributed by atoms with Crippen molar-refractivity contribution in [3.63, 3.8) is 0 Å². The van der Waals surface area contributed by atoms with Crippen LogP contribution in [0, 0.1) is 12.7 Å². The summed E-state index contributed by atoms with van der Waals surface area (Å²) < 4.78 is 18.4. The molecule has 0 aliphatic heterocycles. The van der Waals surface area contributed by atoms with E-state index in [2.05, 4.69) is 10.3 Å². The molecular formula is C15H17FN2O. The highest BCUT2D eigenvalue weighted by Gasteiger charge is 2.04. The summed E-state index contributed by atoms with van der Waals surface area (Å²) in [4.78, 5) is 4.26. The molecule has 2 rings (SSSR count). The monoisotopic (exact) mass is 260 g/mol. The molecule has 4 heteroatoms. The van der Waals surface area contributed by atoms with Crippen molar-refractivity contribution in [3.8, 4) is 5.75 Å². The number of methoxy groups -OCH3 is 1. The van der Waals surface area contributed by atoms with E-state index in [9.17, 15) is 4.39 Å². The molecule has 2 aromatic rings. The first kappa shape index (κ1) is 13.5. The number of hydrogen-bond donors (Lipinski definition) is 1. The van der Waals surface area contributed by atoms with Gasteiger partial charge >= 0.3 is 0 Å². The number of nitrogens with one attached hydrogen (secondary N) is 1. The molecule has 0 amide bonds. The van der Waals surface area contributed by atoms with Gasteiger partial charge in [0.25, 0.3) is 0 Å². The standard InChI is InChI=1S/C15H17FN2O/c1-11-5-6-13(16)8-12(11)9-17-10-14-15(19-2)4-3-7-18-14/h3-8,17H,9-10H2,1-2H3. The Hall–Kier alpha value is -1.94. The highest BCUT2D eigenvalue weighted by atomic mass is 19.1. The lowest BCUT2D eigenvalue weighted by molar-refractivity contribution is 0.404. The van der Waals surface area contributed by atoms with Gasteiger partial charge in [-0.1, -0.05) is 6.07 Å². The Morgan fingerprint density at radius 3 is 2.89 bits per heavy atom. The molecular weight excluding hydrogens is 243 g/mol. The third-order valence-electron chi connectivity index (χ3n) is 2.99.